The molecule has 11 nitrogen and oxygen atoms in total. The van der Waals surface area contributed by atoms with Crippen molar-refractivity contribution in [3.05, 3.63) is 47.2 Å². The molecule has 2 aromatic heterocycles. The zero-order valence-electron chi connectivity index (χ0n) is 23.8. The van der Waals surface area contributed by atoms with Gasteiger partial charge in [-0.15, -0.1) is 0 Å². The average Bonchev–Trinajstić information content (AvgIpc) is 3.33. The highest BCUT2D eigenvalue weighted by Gasteiger charge is 2.23. The van der Waals surface area contributed by atoms with Crippen LogP contribution in [0.5, 0.6) is 5.75 Å². The lowest BCUT2D eigenvalue weighted by Crippen LogP contribution is -2.41. The number of anilines is 5. The monoisotopic (exact) mass is 642 g/mol. The van der Waals surface area contributed by atoms with Crippen molar-refractivity contribution in [2.45, 2.75) is 30.7 Å². The lowest BCUT2D eigenvalue weighted by Gasteiger charge is -2.36. The summed E-state index contributed by atoms with van der Waals surface area (Å²) in [5, 5.41) is 11.5. The molecule has 0 spiro atoms. The molecule has 0 unspecified atom stereocenters. The Morgan fingerprint density at radius 1 is 1.10 bits per heavy atom. The number of ether oxygens (including phenoxy) is 1. The molecule has 1 aliphatic heterocycles. The third kappa shape index (κ3) is 6.11. The Morgan fingerprint density at radius 2 is 1.85 bits per heavy atom. The largest absolute Gasteiger partial charge is 0.494 e. The summed E-state index contributed by atoms with van der Waals surface area (Å²) in [6.45, 7) is 3.61. The summed E-state index contributed by atoms with van der Waals surface area (Å²) in [6.07, 6.45) is 5.55. The minimum atomic E-state index is -3.54. The molecule has 1 saturated heterocycles. The van der Waals surface area contributed by atoms with Crippen molar-refractivity contribution in [2.24, 2.45) is 7.05 Å². The predicted octanol–water partition coefficient (Wildman–Crippen LogP) is 4.95. The van der Waals surface area contributed by atoms with Crippen LogP contribution < -0.4 is 20.3 Å². The number of halogens is 1. The Balaban J connectivity index is 1.41. The average molecular weight is 644 g/mol. The number of sulfone groups is 1. The van der Waals surface area contributed by atoms with Gasteiger partial charge in [0.2, 0.25) is 5.95 Å². The Labute approximate surface area is 249 Å². The van der Waals surface area contributed by atoms with Gasteiger partial charge in [-0.25, -0.2) is 13.4 Å². The van der Waals surface area contributed by atoms with Crippen molar-refractivity contribution in [1.82, 2.24) is 24.6 Å². The van der Waals surface area contributed by atoms with E-state index in [1.807, 2.05) is 12.1 Å². The molecule has 13 heteroatoms. The van der Waals surface area contributed by atoms with Crippen LogP contribution in [0.1, 0.15) is 19.8 Å². The third-order valence-corrected chi connectivity index (χ3v) is 9.90. The molecule has 2 N–H and O–H groups in total. The van der Waals surface area contributed by atoms with Crippen molar-refractivity contribution in [1.29, 1.82) is 0 Å². The zero-order valence-corrected chi connectivity index (χ0v) is 26.3. The van der Waals surface area contributed by atoms with E-state index in [0.29, 0.717) is 33.7 Å². The summed E-state index contributed by atoms with van der Waals surface area (Å²) in [4.78, 5) is 13.9. The van der Waals surface area contributed by atoms with Gasteiger partial charge in [-0.3, -0.25) is 4.68 Å². The van der Waals surface area contributed by atoms with E-state index in [1.54, 1.807) is 50.3 Å². The number of nitrogens with zero attached hydrogens (tertiary/aromatic N) is 6. The highest BCUT2D eigenvalue weighted by atomic mass is 79.9. The second-order valence-electron chi connectivity index (χ2n) is 10.3. The molecule has 41 heavy (non-hydrogen) atoms. The number of benzene rings is 2. The number of piperidine rings is 1. The van der Waals surface area contributed by atoms with E-state index in [9.17, 15) is 8.42 Å². The van der Waals surface area contributed by atoms with E-state index in [2.05, 4.69) is 71.6 Å². The van der Waals surface area contributed by atoms with Gasteiger partial charge in [-0.2, -0.15) is 10.1 Å². The fourth-order valence-corrected chi connectivity index (χ4v) is 6.41. The van der Waals surface area contributed by atoms with Crippen LogP contribution in [0.4, 0.5) is 28.8 Å². The normalized spacial score (nSPS) is 14.6. The van der Waals surface area contributed by atoms with Crippen LogP contribution in [0.15, 0.2) is 52.1 Å². The number of rotatable bonds is 9. The topological polar surface area (TPSA) is 118 Å². The molecule has 1 fully saturated rings. The first-order valence-electron chi connectivity index (χ1n) is 13.4. The van der Waals surface area contributed by atoms with Crippen molar-refractivity contribution in [3.8, 4) is 5.75 Å². The molecule has 0 saturated carbocycles. The summed E-state index contributed by atoms with van der Waals surface area (Å²) < 4.78 is 33.9. The standard InChI is InChI=1S/C28H35BrN8O3S/c1-6-41(38,39)26-15-24-18(16-31-36(24)4)13-23(26)32-27-21(29)17-30-28(34-27)33-22-8-7-20(14-25(22)40-5)37-11-9-19(10-12-37)35(2)3/h7-8,13-17,19H,6,9-12H2,1-5H3,(H2,30,32,33,34). The fourth-order valence-electron chi connectivity index (χ4n) is 5.07. The summed E-state index contributed by atoms with van der Waals surface area (Å²) in [5.41, 5.74) is 2.97. The first kappa shape index (κ1) is 29.1. The van der Waals surface area contributed by atoms with Crippen LogP contribution in [0.3, 0.4) is 0 Å². The van der Waals surface area contributed by atoms with Gasteiger partial charge in [-0.05, 0) is 67.1 Å². The molecular formula is C28H35BrN8O3S. The van der Waals surface area contributed by atoms with Crippen LogP contribution in [-0.2, 0) is 16.9 Å². The number of aryl methyl sites for hydroxylation is 1. The Kier molecular flexibility index (Phi) is 8.39. The maximum Gasteiger partial charge on any atom is 0.229 e. The van der Waals surface area contributed by atoms with E-state index in [4.69, 9.17) is 4.74 Å². The minimum Gasteiger partial charge on any atom is -0.494 e. The molecule has 3 heterocycles. The minimum absolute atomic E-state index is 0.0355. The Bertz CT molecular complexity index is 1670. The molecule has 2 aromatic carbocycles. The van der Waals surface area contributed by atoms with E-state index in [-0.39, 0.29) is 10.6 Å². The van der Waals surface area contributed by atoms with Crippen LogP contribution in [-0.4, -0.2) is 79.2 Å². The number of aromatic nitrogens is 4. The molecule has 4 aromatic rings. The zero-order chi connectivity index (χ0) is 29.3. The number of fused-ring (bicyclic) bond motifs is 1. The molecule has 0 radical (unpaired) electrons. The van der Waals surface area contributed by atoms with Crippen LogP contribution >= 0.6 is 15.9 Å². The van der Waals surface area contributed by atoms with Gasteiger partial charge in [-0.1, -0.05) is 6.92 Å². The maximum absolute atomic E-state index is 13.0. The highest BCUT2D eigenvalue weighted by molar-refractivity contribution is 9.10. The van der Waals surface area contributed by atoms with Gasteiger partial charge in [0.05, 0.1) is 45.3 Å². The summed E-state index contributed by atoms with van der Waals surface area (Å²) in [5.74, 6) is 1.39. The predicted molar refractivity (Wildman–Crippen MR) is 167 cm³/mol. The summed E-state index contributed by atoms with van der Waals surface area (Å²) >= 11 is 3.50. The van der Waals surface area contributed by atoms with Gasteiger partial charge in [0.1, 0.15) is 11.6 Å². The number of hydrogen-bond donors (Lipinski definition) is 2. The van der Waals surface area contributed by atoms with Gasteiger partial charge >= 0.3 is 0 Å². The lowest BCUT2D eigenvalue weighted by molar-refractivity contribution is 0.249. The van der Waals surface area contributed by atoms with E-state index in [0.717, 1.165) is 48.2 Å². The SMILES string of the molecule is CCS(=O)(=O)c1cc2c(cnn2C)cc1Nc1nc(Nc2ccc(N3CCC(N(C)C)CC3)cc2OC)ncc1Br. The van der Waals surface area contributed by atoms with Crippen molar-refractivity contribution >= 4 is 65.5 Å². The van der Waals surface area contributed by atoms with E-state index >= 15 is 0 Å². The van der Waals surface area contributed by atoms with Gasteiger partial charge in [0.25, 0.3) is 0 Å². The molecule has 0 amide bonds. The lowest BCUT2D eigenvalue weighted by atomic mass is 10.0. The van der Waals surface area contributed by atoms with Crippen molar-refractivity contribution in [2.75, 3.05) is 55.6 Å². The Morgan fingerprint density at radius 3 is 2.54 bits per heavy atom. The molecular weight excluding hydrogens is 608 g/mol. The quantitative estimate of drug-likeness (QED) is 0.260. The van der Waals surface area contributed by atoms with E-state index < -0.39 is 9.84 Å². The summed E-state index contributed by atoms with van der Waals surface area (Å²) in [6, 6.07) is 10.1. The second kappa shape index (κ2) is 11.8. The first-order chi connectivity index (χ1) is 19.6. The van der Waals surface area contributed by atoms with Crippen LogP contribution in [0.2, 0.25) is 0 Å². The Hall–Kier alpha value is -3.42. The number of hydrogen-bond acceptors (Lipinski definition) is 10. The molecule has 0 bridgehead atoms. The number of methoxy groups -OCH3 is 1. The van der Waals surface area contributed by atoms with Crippen LogP contribution in [0, 0.1) is 0 Å². The van der Waals surface area contributed by atoms with E-state index in [1.165, 1.54) is 0 Å². The molecule has 218 valence electrons. The molecule has 0 aliphatic carbocycles. The van der Waals surface area contributed by atoms with Crippen LogP contribution in [0.25, 0.3) is 10.9 Å². The fraction of sp³-hybridized carbons (Fsp3) is 0.393. The smallest absolute Gasteiger partial charge is 0.229 e. The molecule has 0 atom stereocenters. The second-order valence-corrected chi connectivity index (χ2v) is 13.4. The van der Waals surface area contributed by atoms with Gasteiger partial charge in [0.15, 0.2) is 9.84 Å². The molecule has 5 rings (SSSR count). The summed E-state index contributed by atoms with van der Waals surface area (Å²) in [7, 11) is 4.16. The highest BCUT2D eigenvalue weighted by Crippen LogP contribution is 2.35. The van der Waals surface area contributed by atoms with Crippen molar-refractivity contribution < 1.29 is 13.2 Å². The third-order valence-electron chi connectivity index (χ3n) is 7.55. The van der Waals surface area contributed by atoms with Crippen molar-refractivity contribution in [3.63, 3.8) is 0 Å². The first-order valence-corrected chi connectivity index (χ1v) is 15.9. The molecule has 1 aliphatic rings. The van der Waals surface area contributed by atoms with Gasteiger partial charge < -0.3 is 25.2 Å². The van der Waals surface area contributed by atoms with Gasteiger partial charge in [0, 0.05) is 49.5 Å². The number of nitrogens with one attached hydrogen (secondary N) is 2. The maximum atomic E-state index is 13.0.